The zero-order valence-corrected chi connectivity index (χ0v) is 10.7. The average molecular weight is 270 g/mol. The van der Waals surface area contributed by atoms with E-state index in [-0.39, 0.29) is 11.5 Å². The van der Waals surface area contributed by atoms with Crippen LogP contribution < -0.4 is 9.47 Å². The number of rotatable bonds is 2. The molecule has 2 aromatic carbocycles. The van der Waals surface area contributed by atoms with Crippen molar-refractivity contribution in [2.45, 2.75) is 0 Å². The molecule has 0 saturated carbocycles. The van der Waals surface area contributed by atoms with E-state index in [4.69, 9.17) is 9.47 Å². The minimum absolute atomic E-state index is 0.110. The standard InChI is InChI=1S/C16H11FO3/c1-19-11-6-7-12-14(9-11)20-15(16(12)18)8-10-4-2-3-5-13(10)17/h2-9H,1H3/b15-8+. The summed E-state index contributed by atoms with van der Waals surface area (Å²) in [7, 11) is 1.54. The van der Waals surface area contributed by atoms with Crippen molar-refractivity contribution in [3.05, 3.63) is 65.2 Å². The summed E-state index contributed by atoms with van der Waals surface area (Å²) in [6.07, 6.45) is 1.41. The number of ether oxygens (including phenoxy) is 2. The minimum Gasteiger partial charge on any atom is -0.497 e. The van der Waals surface area contributed by atoms with E-state index >= 15 is 0 Å². The lowest BCUT2D eigenvalue weighted by molar-refractivity contribution is 0.101. The number of allylic oxidation sites excluding steroid dienone is 1. The van der Waals surface area contributed by atoms with Crippen LogP contribution in [0.5, 0.6) is 11.5 Å². The van der Waals surface area contributed by atoms with Crippen LogP contribution in [0.25, 0.3) is 6.08 Å². The molecular weight excluding hydrogens is 259 g/mol. The van der Waals surface area contributed by atoms with E-state index in [9.17, 15) is 9.18 Å². The Morgan fingerprint density at radius 3 is 2.75 bits per heavy atom. The van der Waals surface area contributed by atoms with Gasteiger partial charge >= 0.3 is 0 Å². The Kier molecular flexibility index (Phi) is 2.99. The Balaban J connectivity index is 1.99. The van der Waals surface area contributed by atoms with E-state index in [1.54, 1.807) is 36.4 Å². The Morgan fingerprint density at radius 1 is 1.20 bits per heavy atom. The van der Waals surface area contributed by atoms with Crippen LogP contribution in [0.15, 0.2) is 48.2 Å². The number of hydrogen-bond donors (Lipinski definition) is 0. The second-order valence-electron chi connectivity index (χ2n) is 4.32. The van der Waals surface area contributed by atoms with Gasteiger partial charge in [-0.1, -0.05) is 18.2 Å². The molecule has 1 heterocycles. The van der Waals surface area contributed by atoms with Gasteiger partial charge in [-0.3, -0.25) is 4.79 Å². The van der Waals surface area contributed by atoms with Crippen LogP contribution in [-0.2, 0) is 0 Å². The first-order valence-electron chi connectivity index (χ1n) is 6.06. The third kappa shape index (κ3) is 2.05. The molecule has 0 saturated heterocycles. The van der Waals surface area contributed by atoms with Crippen LogP contribution >= 0.6 is 0 Å². The summed E-state index contributed by atoms with van der Waals surface area (Å²) < 4.78 is 24.1. The molecule has 1 aliphatic rings. The summed E-state index contributed by atoms with van der Waals surface area (Å²) in [5, 5.41) is 0. The molecule has 2 aromatic rings. The normalized spacial score (nSPS) is 15.1. The Labute approximate surface area is 115 Å². The Bertz CT molecular complexity index is 719. The Morgan fingerprint density at radius 2 is 2.00 bits per heavy atom. The number of carbonyl (C=O) groups excluding carboxylic acids is 1. The molecular formula is C16H11FO3. The van der Waals surface area contributed by atoms with Gasteiger partial charge in [0.05, 0.1) is 12.7 Å². The molecule has 0 atom stereocenters. The third-order valence-electron chi connectivity index (χ3n) is 3.07. The fraction of sp³-hybridized carbons (Fsp3) is 0.0625. The summed E-state index contributed by atoms with van der Waals surface area (Å²) in [4.78, 5) is 12.2. The van der Waals surface area contributed by atoms with Gasteiger partial charge in [0.1, 0.15) is 17.3 Å². The number of carbonyl (C=O) groups is 1. The molecule has 0 N–H and O–H groups in total. The summed E-state index contributed by atoms with van der Waals surface area (Å²) in [5.74, 6) is 0.481. The predicted octanol–water partition coefficient (Wildman–Crippen LogP) is 3.45. The van der Waals surface area contributed by atoms with Crippen molar-refractivity contribution in [1.29, 1.82) is 0 Å². The highest BCUT2D eigenvalue weighted by atomic mass is 19.1. The molecule has 0 unspecified atom stereocenters. The first kappa shape index (κ1) is 12.4. The van der Waals surface area contributed by atoms with Crippen molar-refractivity contribution in [2.75, 3.05) is 7.11 Å². The maximum absolute atomic E-state index is 13.6. The fourth-order valence-corrected chi connectivity index (χ4v) is 2.03. The molecule has 1 aliphatic heterocycles. The number of methoxy groups -OCH3 is 1. The van der Waals surface area contributed by atoms with E-state index in [1.807, 2.05) is 0 Å². The summed E-state index contributed by atoms with van der Waals surface area (Å²) in [6.45, 7) is 0. The van der Waals surface area contributed by atoms with Crippen LogP contribution in [0.2, 0.25) is 0 Å². The molecule has 100 valence electrons. The highest BCUT2D eigenvalue weighted by Crippen LogP contribution is 2.34. The number of hydrogen-bond acceptors (Lipinski definition) is 3. The molecule has 3 nitrogen and oxygen atoms in total. The van der Waals surface area contributed by atoms with Gasteiger partial charge in [-0.25, -0.2) is 4.39 Å². The first-order valence-corrected chi connectivity index (χ1v) is 6.06. The van der Waals surface area contributed by atoms with E-state index in [0.29, 0.717) is 22.6 Å². The highest BCUT2D eigenvalue weighted by molar-refractivity contribution is 6.14. The van der Waals surface area contributed by atoms with Gasteiger partial charge in [-0.15, -0.1) is 0 Å². The van der Waals surface area contributed by atoms with Crippen LogP contribution in [-0.4, -0.2) is 12.9 Å². The fourth-order valence-electron chi connectivity index (χ4n) is 2.03. The van der Waals surface area contributed by atoms with Gasteiger partial charge < -0.3 is 9.47 Å². The van der Waals surface area contributed by atoms with Crippen LogP contribution in [0.1, 0.15) is 15.9 Å². The highest BCUT2D eigenvalue weighted by Gasteiger charge is 2.27. The van der Waals surface area contributed by atoms with E-state index < -0.39 is 5.82 Å². The van der Waals surface area contributed by atoms with Crippen molar-refractivity contribution in [2.24, 2.45) is 0 Å². The summed E-state index contributed by atoms with van der Waals surface area (Å²) in [5.41, 5.74) is 0.768. The lowest BCUT2D eigenvalue weighted by Gasteiger charge is -2.01. The van der Waals surface area contributed by atoms with Crippen molar-refractivity contribution in [3.63, 3.8) is 0 Å². The summed E-state index contributed by atoms with van der Waals surface area (Å²) in [6, 6.07) is 11.2. The molecule has 0 spiro atoms. The van der Waals surface area contributed by atoms with Crippen molar-refractivity contribution >= 4 is 11.9 Å². The van der Waals surface area contributed by atoms with Crippen molar-refractivity contribution in [1.82, 2.24) is 0 Å². The zero-order chi connectivity index (χ0) is 14.1. The molecule has 0 bridgehead atoms. The second-order valence-corrected chi connectivity index (χ2v) is 4.32. The smallest absolute Gasteiger partial charge is 0.231 e. The number of benzene rings is 2. The maximum Gasteiger partial charge on any atom is 0.231 e. The second kappa shape index (κ2) is 4.81. The van der Waals surface area contributed by atoms with Gasteiger partial charge in [0.15, 0.2) is 5.76 Å². The minimum atomic E-state index is -0.398. The van der Waals surface area contributed by atoms with Gasteiger partial charge in [0.2, 0.25) is 5.78 Å². The number of ketones is 1. The monoisotopic (exact) mass is 270 g/mol. The number of fused-ring (bicyclic) bond motifs is 1. The molecule has 20 heavy (non-hydrogen) atoms. The predicted molar refractivity (Wildman–Crippen MR) is 72.3 cm³/mol. The quantitative estimate of drug-likeness (QED) is 0.784. The topological polar surface area (TPSA) is 35.5 Å². The molecule has 4 heteroatoms. The number of halogens is 1. The molecule has 0 amide bonds. The molecule has 0 radical (unpaired) electrons. The Hall–Kier alpha value is -2.62. The molecule has 0 aromatic heterocycles. The molecule has 3 rings (SSSR count). The SMILES string of the molecule is COc1ccc2c(c1)O/C(=C/c1ccccc1F)C2=O. The van der Waals surface area contributed by atoms with E-state index in [0.717, 1.165) is 0 Å². The molecule has 0 aliphatic carbocycles. The zero-order valence-electron chi connectivity index (χ0n) is 10.7. The maximum atomic E-state index is 13.6. The van der Waals surface area contributed by atoms with Crippen LogP contribution in [0.4, 0.5) is 4.39 Å². The van der Waals surface area contributed by atoms with E-state index in [2.05, 4.69) is 0 Å². The van der Waals surface area contributed by atoms with E-state index in [1.165, 1.54) is 19.3 Å². The van der Waals surface area contributed by atoms with Gasteiger partial charge in [0.25, 0.3) is 0 Å². The van der Waals surface area contributed by atoms with Crippen molar-refractivity contribution in [3.8, 4) is 11.5 Å². The lowest BCUT2D eigenvalue weighted by Crippen LogP contribution is -1.98. The van der Waals surface area contributed by atoms with Gasteiger partial charge in [-0.05, 0) is 24.3 Å². The van der Waals surface area contributed by atoms with Crippen LogP contribution in [0, 0.1) is 5.82 Å². The first-order chi connectivity index (χ1) is 9.69. The number of Topliss-reactive ketones (excluding diaryl/α,β-unsaturated/α-hetero) is 1. The van der Waals surface area contributed by atoms with Gasteiger partial charge in [-0.2, -0.15) is 0 Å². The molecule has 0 fully saturated rings. The average Bonchev–Trinajstić information content (AvgIpc) is 2.77. The lowest BCUT2D eigenvalue weighted by atomic mass is 10.1. The van der Waals surface area contributed by atoms with Crippen LogP contribution in [0.3, 0.4) is 0 Å². The van der Waals surface area contributed by atoms with Gasteiger partial charge in [0, 0.05) is 11.6 Å². The largest absolute Gasteiger partial charge is 0.497 e. The van der Waals surface area contributed by atoms with Crippen molar-refractivity contribution < 1.29 is 18.7 Å². The third-order valence-corrected chi connectivity index (χ3v) is 3.07. The summed E-state index contributed by atoms with van der Waals surface area (Å²) >= 11 is 0.